The zero-order valence-electron chi connectivity index (χ0n) is 13.1. The molecule has 120 valence electrons. The van der Waals surface area contributed by atoms with Gasteiger partial charge in [-0.25, -0.2) is 4.39 Å². The number of rotatable bonds is 10. The van der Waals surface area contributed by atoms with Crippen LogP contribution in [0, 0.1) is 11.7 Å². The molecule has 0 bridgehead atoms. The highest BCUT2D eigenvalue weighted by Gasteiger charge is 2.08. The molecule has 1 aromatic carbocycles. The van der Waals surface area contributed by atoms with E-state index < -0.39 is 6.10 Å². The van der Waals surface area contributed by atoms with Gasteiger partial charge in [0.2, 0.25) is 0 Å². The number of aliphatic hydroxyl groups excluding tert-OH is 1. The van der Waals surface area contributed by atoms with Crippen molar-refractivity contribution in [3.63, 3.8) is 0 Å². The number of halogens is 1. The van der Waals surface area contributed by atoms with Crippen molar-refractivity contribution in [3.8, 4) is 5.75 Å². The second-order valence-corrected chi connectivity index (χ2v) is 5.49. The molecular weight excluding hydrogens is 273 g/mol. The number of benzene rings is 1. The highest BCUT2D eigenvalue weighted by molar-refractivity contribution is 5.56. The van der Waals surface area contributed by atoms with Crippen LogP contribution >= 0.6 is 0 Å². The van der Waals surface area contributed by atoms with Crippen LogP contribution in [0.3, 0.4) is 0 Å². The Morgan fingerprint density at radius 3 is 2.76 bits per heavy atom. The van der Waals surface area contributed by atoms with Gasteiger partial charge in [-0.2, -0.15) is 0 Å². The summed E-state index contributed by atoms with van der Waals surface area (Å²) in [5.41, 5.74) is 0.651. The molecule has 1 atom stereocenters. The van der Waals surface area contributed by atoms with Gasteiger partial charge in [0.15, 0.2) is 0 Å². The van der Waals surface area contributed by atoms with Gasteiger partial charge in [0.05, 0.1) is 25.5 Å². The van der Waals surface area contributed by atoms with Crippen molar-refractivity contribution in [2.24, 2.45) is 5.92 Å². The molecule has 0 saturated carbocycles. The van der Waals surface area contributed by atoms with Crippen molar-refractivity contribution >= 4 is 5.69 Å². The third kappa shape index (κ3) is 7.29. The third-order valence-electron chi connectivity index (χ3n) is 3.07. The highest BCUT2D eigenvalue weighted by atomic mass is 19.1. The highest BCUT2D eigenvalue weighted by Crippen LogP contribution is 2.24. The first-order valence-electron chi connectivity index (χ1n) is 7.36. The number of hydrogen-bond donors (Lipinski definition) is 2. The summed E-state index contributed by atoms with van der Waals surface area (Å²) in [5, 5.41) is 12.9. The number of methoxy groups -OCH3 is 1. The van der Waals surface area contributed by atoms with E-state index in [1.165, 1.54) is 19.2 Å². The number of nitrogens with one attached hydrogen (secondary N) is 1. The van der Waals surface area contributed by atoms with Crippen LogP contribution in [0.5, 0.6) is 5.75 Å². The topological polar surface area (TPSA) is 50.7 Å². The van der Waals surface area contributed by atoms with Crippen LogP contribution in [0.4, 0.5) is 10.1 Å². The lowest BCUT2D eigenvalue weighted by atomic mass is 10.1. The molecule has 0 spiro atoms. The van der Waals surface area contributed by atoms with Gasteiger partial charge in [-0.05, 0) is 30.9 Å². The molecule has 0 saturated heterocycles. The maximum atomic E-state index is 13.1. The third-order valence-corrected chi connectivity index (χ3v) is 3.07. The van der Waals surface area contributed by atoms with Gasteiger partial charge in [0.1, 0.15) is 11.6 Å². The molecule has 1 aromatic rings. The van der Waals surface area contributed by atoms with Gasteiger partial charge in [-0.3, -0.25) is 0 Å². The molecule has 1 unspecified atom stereocenters. The van der Waals surface area contributed by atoms with Crippen LogP contribution in [0.15, 0.2) is 18.2 Å². The molecule has 0 amide bonds. The van der Waals surface area contributed by atoms with E-state index in [1.54, 1.807) is 6.07 Å². The summed E-state index contributed by atoms with van der Waals surface area (Å²) in [6, 6.07) is 4.24. The van der Waals surface area contributed by atoms with E-state index in [-0.39, 0.29) is 12.4 Å². The summed E-state index contributed by atoms with van der Waals surface area (Å²) in [6.07, 6.45) is 1.52. The monoisotopic (exact) mass is 299 g/mol. The Kier molecular flexibility index (Phi) is 8.08. The van der Waals surface area contributed by atoms with Gasteiger partial charge in [-0.1, -0.05) is 13.8 Å². The molecule has 0 aliphatic rings. The van der Waals surface area contributed by atoms with Gasteiger partial charge in [0, 0.05) is 19.2 Å². The SMILES string of the molecule is COc1cc(F)ccc1NCC(O)COCCCC(C)C. The molecule has 0 aromatic heterocycles. The van der Waals surface area contributed by atoms with Gasteiger partial charge in [0.25, 0.3) is 0 Å². The van der Waals surface area contributed by atoms with Crippen LogP contribution in [0.2, 0.25) is 0 Å². The molecule has 2 N–H and O–H groups in total. The molecule has 0 aliphatic heterocycles. The molecule has 1 rings (SSSR count). The van der Waals surface area contributed by atoms with Gasteiger partial charge in [-0.15, -0.1) is 0 Å². The van der Waals surface area contributed by atoms with E-state index in [2.05, 4.69) is 19.2 Å². The zero-order chi connectivity index (χ0) is 15.7. The fourth-order valence-corrected chi connectivity index (χ4v) is 1.91. The van der Waals surface area contributed by atoms with Gasteiger partial charge < -0.3 is 19.9 Å². The molecule has 0 radical (unpaired) electrons. The summed E-state index contributed by atoms with van der Waals surface area (Å²) in [6.45, 7) is 5.62. The summed E-state index contributed by atoms with van der Waals surface area (Å²) >= 11 is 0. The van der Waals surface area contributed by atoms with E-state index in [0.717, 1.165) is 12.8 Å². The van der Waals surface area contributed by atoms with Crippen molar-refractivity contribution in [3.05, 3.63) is 24.0 Å². The predicted molar refractivity (Wildman–Crippen MR) is 82.3 cm³/mol. The van der Waals surface area contributed by atoms with Gasteiger partial charge >= 0.3 is 0 Å². The quantitative estimate of drug-likeness (QED) is 0.652. The predicted octanol–water partition coefficient (Wildman–Crippen LogP) is 3.06. The zero-order valence-corrected chi connectivity index (χ0v) is 13.1. The number of ether oxygens (including phenoxy) is 2. The number of anilines is 1. The van der Waals surface area contributed by atoms with Crippen molar-refractivity contribution in [2.45, 2.75) is 32.8 Å². The standard InChI is InChI=1S/C16H26FNO3/c1-12(2)5-4-8-21-11-14(19)10-18-15-7-6-13(17)9-16(15)20-3/h6-7,9,12,14,18-19H,4-5,8,10-11H2,1-3H3. The Morgan fingerprint density at radius 2 is 2.10 bits per heavy atom. The van der Waals surface area contributed by atoms with Crippen LogP contribution in [-0.4, -0.2) is 38.1 Å². The maximum absolute atomic E-state index is 13.1. The van der Waals surface area contributed by atoms with E-state index in [4.69, 9.17) is 9.47 Å². The average molecular weight is 299 g/mol. The second kappa shape index (κ2) is 9.58. The molecule has 0 aliphatic carbocycles. The van der Waals surface area contributed by atoms with E-state index in [1.807, 2.05) is 0 Å². The molecule has 4 nitrogen and oxygen atoms in total. The molecule has 5 heteroatoms. The largest absolute Gasteiger partial charge is 0.494 e. The van der Waals surface area contributed by atoms with Crippen LogP contribution < -0.4 is 10.1 Å². The Morgan fingerprint density at radius 1 is 1.33 bits per heavy atom. The Balaban J connectivity index is 2.25. The van der Waals surface area contributed by atoms with Crippen LogP contribution in [-0.2, 0) is 4.74 Å². The number of hydrogen-bond acceptors (Lipinski definition) is 4. The summed E-state index contributed by atoms with van der Waals surface area (Å²) in [4.78, 5) is 0. The fourth-order valence-electron chi connectivity index (χ4n) is 1.91. The Labute approximate surface area is 126 Å². The fraction of sp³-hybridized carbons (Fsp3) is 0.625. The normalized spacial score (nSPS) is 12.5. The Bertz CT molecular complexity index is 413. The van der Waals surface area contributed by atoms with Crippen molar-refractivity contribution in [2.75, 3.05) is 32.2 Å². The lowest BCUT2D eigenvalue weighted by Gasteiger charge is -2.15. The number of aliphatic hydroxyl groups is 1. The first-order valence-corrected chi connectivity index (χ1v) is 7.36. The minimum atomic E-state index is -0.612. The minimum Gasteiger partial charge on any atom is -0.494 e. The summed E-state index contributed by atoms with van der Waals surface area (Å²) in [7, 11) is 1.48. The molecule has 21 heavy (non-hydrogen) atoms. The van der Waals surface area contributed by atoms with Crippen molar-refractivity contribution in [1.82, 2.24) is 0 Å². The lowest BCUT2D eigenvalue weighted by molar-refractivity contribution is 0.0409. The Hall–Kier alpha value is -1.33. The van der Waals surface area contributed by atoms with E-state index in [0.29, 0.717) is 30.5 Å². The molecule has 0 fully saturated rings. The first-order chi connectivity index (χ1) is 10.0. The summed E-state index contributed by atoms with van der Waals surface area (Å²) < 4.78 is 23.6. The van der Waals surface area contributed by atoms with E-state index in [9.17, 15) is 9.50 Å². The summed E-state index contributed by atoms with van der Waals surface area (Å²) in [5.74, 6) is 0.734. The van der Waals surface area contributed by atoms with Crippen molar-refractivity contribution in [1.29, 1.82) is 0 Å². The van der Waals surface area contributed by atoms with Crippen molar-refractivity contribution < 1.29 is 19.0 Å². The van der Waals surface area contributed by atoms with Crippen LogP contribution in [0.1, 0.15) is 26.7 Å². The molecular formula is C16H26FNO3. The molecule has 0 heterocycles. The first kappa shape index (κ1) is 17.7. The smallest absolute Gasteiger partial charge is 0.144 e. The average Bonchev–Trinajstić information content (AvgIpc) is 2.45. The van der Waals surface area contributed by atoms with Crippen LogP contribution in [0.25, 0.3) is 0 Å². The second-order valence-electron chi connectivity index (χ2n) is 5.49. The minimum absolute atomic E-state index is 0.286. The van der Waals surface area contributed by atoms with E-state index >= 15 is 0 Å². The lowest BCUT2D eigenvalue weighted by Crippen LogP contribution is -2.25. The maximum Gasteiger partial charge on any atom is 0.144 e.